The van der Waals surface area contributed by atoms with Gasteiger partial charge >= 0.3 is 11.2 Å². The molecule has 2 fully saturated rings. The number of piperazine rings is 1. The number of rotatable bonds is 4. The Bertz CT molecular complexity index is 906. The molecule has 4 heterocycles. The highest BCUT2D eigenvalue weighted by Crippen LogP contribution is 2.28. The molecule has 0 spiro atoms. The van der Waals surface area contributed by atoms with Gasteiger partial charge in [-0.15, -0.1) is 0 Å². The Balaban J connectivity index is 1.61. The van der Waals surface area contributed by atoms with Gasteiger partial charge in [-0.1, -0.05) is 13.0 Å². The van der Waals surface area contributed by atoms with Crippen molar-refractivity contribution in [1.29, 1.82) is 0 Å². The van der Waals surface area contributed by atoms with Gasteiger partial charge < -0.3 is 9.80 Å². The van der Waals surface area contributed by atoms with Crippen LogP contribution in [0, 0.1) is 10.1 Å². The number of hydrogen-bond acceptors (Lipinski definition) is 7. The zero-order valence-corrected chi connectivity index (χ0v) is 15.5. The van der Waals surface area contributed by atoms with Gasteiger partial charge in [-0.25, -0.2) is 4.98 Å². The Morgan fingerprint density at radius 2 is 2.00 bits per heavy atom. The van der Waals surface area contributed by atoms with Gasteiger partial charge in [0.15, 0.2) is 0 Å². The fourth-order valence-corrected chi connectivity index (χ4v) is 4.13. The molecule has 0 N–H and O–H groups in total. The smallest absolute Gasteiger partial charge is 0.349 e. The summed E-state index contributed by atoms with van der Waals surface area (Å²) in [7, 11) is 0. The summed E-state index contributed by atoms with van der Waals surface area (Å²) in [6.07, 6.45) is 2.45. The van der Waals surface area contributed by atoms with E-state index in [1.54, 1.807) is 18.2 Å². The van der Waals surface area contributed by atoms with Crippen molar-refractivity contribution < 1.29 is 4.92 Å². The number of fused-ring (bicyclic) bond motifs is 1. The number of likely N-dealkylation sites (N-methyl/N-ethyl adjacent to an activating group) is 1. The maximum absolute atomic E-state index is 12.6. The van der Waals surface area contributed by atoms with Gasteiger partial charge in [0.25, 0.3) is 0 Å². The van der Waals surface area contributed by atoms with Crippen LogP contribution in [0.3, 0.4) is 0 Å². The van der Waals surface area contributed by atoms with Gasteiger partial charge in [0, 0.05) is 51.5 Å². The first kappa shape index (κ1) is 17.9. The molecule has 1 atom stereocenters. The Kier molecular flexibility index (Phi) is 4.79. The minimum absolute atomic E-state index is 0.200. The summed E-state index contributed by atoms with van der Waals surface area (Å²) < 4.78 is 1.24. The third-order valence-electron chi connectivity index (χ3n) is 5.71. The predicted molar refractivity (Wildman–Crippen MR) is 102 cm³/mol. The van der Waals surface area contributed by atoms with Crippen LogP contribution in [-0.4, -0.2) is 76.0 Å². The third kappa shape index (κ3) is 3.28. The van der Waals surface area contributed by atoms with Crippen molar-refractivity contribution in [3.05, 3.63) is 44.9 Å². The molecular weight excluding hydrogens is 348 g/mol. The van der Waals surface area contributed by atoms with Gasteiger partial charge in [-0.3, -0.25) is 24.2 Å². The standard InChI is InChI=1S/C18H24N6O3/c1-2-20-9-11-21(12-10-20)14-6-8-22(13-14)17-16(24(26)27)18(25)23-7-4-3-5-15(23)19-17/h3-5,7,14H,2,6,8-13H2,1H3. The van der Waals surface area contributed by atoms with E-state index < -0.39 is 16.2 Å². The molecule has 2 aromatic rings. The second-order valence-corrected chi connectivity index (χ2v) is 7.13. The van der Waals surface area contributed by atoms with E-state index >= 15 is 0 Å². The van der Waals surface area contributed by atoms with Crippen molar-refractivity contribution in [3.63, 3.8) is 0 Å². The monoisotopic (exact) mass is 372 g/mol. The van der Waals surface area contributed by atoms with E-state index in [0.717, 1.165) is 39.1 Å². The molecule has 1 unspecified atom stereocenters. The highest BCUT2D eigenvalue weighted by Gasteiger charge is 2.35. The zero-order valence-electron chi connectivity index (χ0n) is 15.5. The molecule has 144 valence electrons. The normalized spacial score (nSPS) is 21.8. The van der Waals surface area contributed by atoms with Gasteiger partial charge in [0.1, 0.15) is 5.65 Å². The maximum Gasteiger partial charge on any atom is 0.376 e. The average Bonchev–Trinajstić information content (AvgIpc) is 3.18. The summed E-state index contributed by atoms with van der Waals surface area (Å²) in [5, 5.41) is 11.6. The molecule has 9 nitrogen and oxygen atoms in total. The van der Waals surface area contributed by atoms with Gasteiger partial charge in [0.2, 0.25) is 5.82 Å². The lowest BCUT2D eigenvalue weighted by Gasteiger charge is -2.37. The van der Waals surface area contributed by atoms with E-state index in [1.165, 1.54) is 10.6 Å². The molecule has 9 heteroatoms. The second-order valence-electron chi connectivity index (χ2n) is 7.13. The van der Waals surface area contributed by atoms with Crippen LogP contribution in [-0.2, 0) is 0 Å². The van der Waals surface area contributed by atoms with Crippen molar-refractivity contribution >= 4 is 17.2 Å². The molecule has 0 radical (unpaired) electrons. The molecule has 0 amide bonds. The molecule has 2 aliphatic heterocycles. The van der Waals surface area contributed by atoms with E-state index in [9.17, 15) is 14.9 Å². The lowest BCUT2D eigenvalue weighted by molar-refractivity contribution is -0.385. The molecule has 2 aliphatic rings. The maximum atomic E-state index is 12.6. The molecule has 0 saturated carbocycles. The Hall–Kier alpha value is -2.52. The van der Waals surface area contributed by atoms with Crippen LogP contribution in [0.5, 0.6) is 0 Å². The van der Waals surface area contributed by atoms with E-state index in [4.69, 9.17) is 0 Å². The SMILES string of the molecule is CCN1CCN(C2CCN(c3nc4ccccn4c(=O)c3[N+](=O)[O-])C2)CC1. The fraction of sp³-hybridized carbons (Fsp3) is 0.556. The average molecular weight is 372 g/mol. The minimum Gasteiger partial charge on any atom is -0.349 e. The Morgan fingerprint density at radius 1 is 1.22 bits per heavy atom. The first-order valence-corrected chi connectivity index (χ1v) is 9.45. The number of hydrogen-bond donors (Lipinski definition) is 0. The highest BCUT2D eigenvalue weighted by atomic mass is 16.6. The van der Waals surface area contributed by atoms with Crippen molar-refractivity contribution in [2.24, 2.45) is 0 Å². The van der Waals surface area contributed by atoms with Crippen LogP contribution in [0.2, 0.25) is 0 Å². The third-order valence-corrected chi connectivity index (χ3v) is 5.71. The van der Waals surface area contributed by atoms with Crippen LogP contribution >= 0.6 is 0 Å². The minimum atomic E-state index is -0.624. The van der Waals surface area contributed by atoms with Gasteiger partial charge in [-0.2, -0.15) is 0 Å². The summed E-state index contributed by atoms with van der Waals surface area (Å²) in [6.45, 7) is 8.74. The van der Waals surface area contributed by atoms with Crippen LogP contribution in [0.1, 0.15) is 13.3 Å². The van der Waals surface area contributed by atoms with Crippen molar-refractivity contribution in [2.75, 3.05) is 50.7 Å². The molecular formula is C18H24N6O3. The molecule has 2 aromatic heterocycles. The fourth-order valence-electron chi connectivity index (χ4n) is 4.13. The number of nitro groups is 1. The molecule has 0 aliphatic carbocycles. The second kappa shape index (κ2) is 7.24. The Labute approximate surface area is 157 Å². The van der Waals surface area contributed by atoms with Crippen LogP contribution in [0.25, 0.3) is 5.65 Å². The van der Waals surface area contributed by atoms with E-state index in [-0.39, 0.29) is 5.82 Å². The quantitative estimate of drug-likeness (QED) is 0.580. The first-order valence-electron chi connectivity index (χ1n) is 9.45. The number of pyridine rings is 1. The van der Waals surface area contributed by atoms with Crippen LogP contribution in [0.4, 0.5) is 11.5 Å². The molecule has 0 bridgehead atoms. The van der Waals surface area contributed by atoms with Gasteiger partial charge in [0.05, 0.1) is 4.92 Å². The number of aromatic nitrogens is 2. The predicted octanol–water partition coefficient (Wildman–Crippen LogP) is 0.819. The molecule has 27 heavy (non-hydrogen) atoms. The number of anilines is 1. The van der Waals surface area contributed by atoms with Crippen LogP contribution in [0.15, 0.2) is 29.2 Å². The number of nitrogens with zero attached hydrogens (tertiary/aromatic N) is 6. The first-order chi connectivity index (χ1) is 13.1. The van der Waals surface area contributed by atoms with E-state index in [2.05, 4.69) is 21.7 Å². The summed E-state index contributed by atoms with van der Waals surface area (Å²) in [5.41, 5.74) is -0.626. The largest absolute Gasteiger partial charge is 0.376 e. The van der Waals surface area contributed by atoms with Gasteiger partial charge in [-0.05, 0) is 25.1 Å². The molecule has 0 aromatic carbocycles. The van der Waals surface area contributed by atoms with Crippen molar-refractivity contribution in [2.45, 2.75) is 19.4 Å². The summed E-state index contributed by atoms with van der Waals surface area (Å²) in [4.78, 5) is 34.9. The highest BCUT2D eigenvalue weighted by molar-refractivity contribution is 5.62. The lowest BCUT2D eigenvalue weighted by atomic mass is 10.2. The van der Waals surface area contributed by atoms with Crippen molar-refractivity contribution in [1.82, 2.24) is 19.2 Å². The topological polar surface area (TPSA) is 87.2 Å². The summed E-state index contributed by atoms with van der Waals surface area (Å²) in [5.74, 6) is 0.200. The molecule has 4 rings (SSSR count). The lowest BCUT2D eigenvalue weighted by Crippen LogP contribution is -2.50. The summed E-state index contributed by atoms with van der Waals surface area (Å²) in [6, 6.07) is 5.49. The zero-order chi connectivity index (χ0) is 19.0. The summed E-state index contributed by atoms with van der Waals surface area (Å²) >= 11 is 0. The van der Waals surface area contributed by atoms with Crippen LogP contribution < -0.4 is 10.5 Å². The van der Waals surface area contributed by atoms with E-state index in [0.29, 0.717) is 24.8 Å². The van der Waals surface area contributed by atoms with E-state index in [1.807, 2.05) is 4.90 Å². The Morgan fingerprint density at radius 3 is 2.70 bits per heavy atom. The van der Waals surface area contributed by atoms with Crippen molar-refractivity contribution in [3.8, 4) is 0 Å². The molecule has 2 saturated heterocycles.